The summed E-state index contributed by atoms with van der Waals surface area (Å²) >= 11 is 0. The predicted octanol–water partition coefficient (Wildman–Crippen LogP) is 2.70. The first-order valence-electron chi connectivity index (χ1n) is 5.53. The minimum Gasteiger partial charge on any atom is -0.348 e. The third-order valence-corrected chi connectivity index (χ3v) is 2.42. The van der Waals surface area contributed by atoms with E-state index in [0.29, 0.717) is 0 Å². The maximum absolute atomic E-state index is 11.8. The number of hydrogen-bond donors (Lipinski definition) is 1. The first kappa shape index (κ1) is 14.1. The molecule has 3 nitrogen and oxygen atoms in total. The SMILES string of the molecule is CCNC(C)c1cccn1CCOC(F)(F)F. The number of alkyl halides is 3. The van der Waals surface area contributed by atoms with Gasteiger partial charge in [-0.2, -0.15) is 0 Å². The van der Waals surface area contributed by atoms with Gasteiger partial charge in [-0.05, 0) is 25.6 Å². The van der Waals surface area contributed by atoms with Crippen LogP contribution in [-0.4, -0.2) is 24.1 Å². The highest BCUT2D eigenvalue weighted by molar-refractivity contribution is 5.11. The number of nitrogens with zero attached hydrogens (tertiary/aromatic N) is 1. The molecule has 1 rings (SSSR count). The minimum atomic E-state index is -4.55. The summed E-state index contributed by atoms with van der Waals surface area (Å²) in [5.74, 6) is 0. The van der Waals surface area contributed by atoms with E-state index in [1.165, 1.54) is 0 Å². The number of aromatic nitrogens is 1. The molecule has 0 saturated carbocycles. The monoisotopic (exact) mass is 250 g/mol. The van der Waals surface area contributed by atoms with E-state index in [9.17, 15) is 13.2 Å². The van der Waals surface area contributed by atoms with Gasteiger partial charge in [-0.15, -0.1) is 13.2 Å². The number of halogens is 3. The van der Waals surface area contributed by atoms with E-state index in [1.54, 1.807) is 10.8 Å². The summed E-state index contributed by atoms with van der Waals surface area (Å²) in [6.07, 6.45) is -2.80. The average Bonchev–Trinajstić information content (AvgIpc) is 2.64. The Morgan fingerprint density at radius 1 is 1.47 bits per heavy atom. The first-order valence-corrected chi connectivity index (χ1v) is 5.53. The third-order valence-electron chi connectivity index (χ3n) is 2.42. The normalized spacial score (nSPS) is 13.9. The standard InChI is InChI=1S/C11H17F3N2O/c1-3-15-9(2)10-5-4-6-16(10)7-8-17-11(12,13)14/h4-6,9,15H,3,7-8H2,1-2H3. The number of nitrogens with one attached hydrogen (secondary N) is 1. The van der Waals surface area contributed by atoms with Crippen molar-refractivity contribution in [2.75, 3.05) is 13.2 Å². The van der Waals surface area contributed by atoms with Crippen LogP contribution in [0.5, 0.6) is 0 Å². The van der Waals surface area contributed by atoms with Gasteiger partial charge in [0.1, 0.15) is 0 Å². The van der Waals surface area contributed by atoms with Gasteiger partial charge < -0.3 is 9.88 Å². The van der Waals surface area contributed by atoms with Crippen LogP contribution in [0, 0.1) is 0 Å². The van der Waals surface area contributed by atoms with Gasteiger partial charge in [-0.1, -0.05) is 6.92 Å². The van der Waals surface area contributed by atoms with Crippen LogP contribution in [0.4, 0.5) is 13.2 Å². The van der Waals surface area contributed by atoms with Gasteiger partial charge in [0, 0.05) is 24.5 Å². The molecule has 0 fully saturated rings. The van der Waals surface area contributed by atoms with Gasteiger partial charge in [-0.3, -0.25) is 4.74 Å². The van der Waals surface area contributed by atoms with Crippen LogP contribution in [0.3, 0.4) is 0 Å². The van der Waals surface area contributed by atoms with E-state index >= 15 is 0 Å². The Bertz CT molecular complexity index is 336. The van der Waals surface area contributed by atoms with E-state index in [4.69, 9.17) is 0 Å². The maximum atomic E-state index is 11.8. The second-order valence-corrected chi connectivity index (χ2v) is 3.70. The average molecular weight is 250 g/mol. The zero-order valence-electron chi connectivity index (χ0n) is 9.92. The summed E-state index contributed by atoms with van der Waals surface area (Å²) in [7, 11) is 0. The van der Waals surface area contributed by atoms with Crippen molar-refractivity contribution in [3.63, 3.8) is 0 Å². The lowest BCUT2D eigenvalue weighted by atomic mass is 10.2. The van der Waals surface area contributed by atoms with Gasteiger partial charge in [0.15, 0.2) is 0 Å². The third kappa shape index (κ3) is 4.79. The number of rotatable bonds is 6. The largest absolute Gasteiger partial charge is 0.522 e. The molecular formula is C11H17F3N2O. The van der Waals surface area contributed by atoms with Crippen LogP contribution in [0.25, 0.3) is 0 Å². The van der Waals surface area contributed by atoms with Gasteiger partial charge >= 0.3 is 6.36 Å². The molecule has 1 N–H and O–H groups in total. The van der Waals surface area contributed by atoms with Gasteiger partial charge in [-0.25, -0.2) is 0 Å². The van der Waals surface area contributed by atoms with Crippen molar-refractivity contribution in [1.29, 1.82) is 0 Å². The molecule has 0 aliphatic heterocycles. The van der Waals surface area contributed by atoms with Crippen LogP contribution in [0.2, 0.25) is 0 Å². The number of ether oxygens (including phenoxy) is 1. The van der Waals surface area contributed by atoms with Crippen molar-refractivity contribution < 1.29 is 17.9 Å². The summed E-state index contributed by atoms with van der Waals surface area (Å²) in [6, 6.07) is 3.82. The van der Waals surface area contributed by atoms with E-state index in [0.717, 1.165) is 12.2 Å². The molecule has 0 aliphatic carbocycles. The molecular weight excluding hydrogens is 233 g/mol. The van der Waals surface area contributed by atoms with Crippen LogP contribution in [0.15, 0.2) is 18.3 Å². The van der Waals surface area contributed by atoms with Crippen LogP contribution < -0.4 is 5.32 Å². The van der Waals surface area contributed by atoms with Crippen molar-refractivity contribution in [3.05, 3.63) is 24.0 Å². The molecule has 1 unspecified atom stereocenters. The van der Waals surface area contributed by atoms with Crippen molar-refractivity contribution in [2.45, 2.75) is 32.8 Å². The molecule has 0 aliphatic rings. The van der Waals surface area contributed by atoms with Gasteiger partial charge in [0.05, 0.1) is 6.61 Å². The Morgan fingerprint density at radius 2 is 2.18 bits per heavy atom. The second kappa shape index (κ2) is 6.07. The molecule has 98 valence electrons. The molecule has 0 bridgehead atoms. The zero-order chi connectivity index (χ0) is 12.9. The lowest BCUT2D eigenvalue weighted by Gasteiger charge is -2.16. The highest BCUT2D eigenvalue weighted by atomic mass is 19.4. The molecule has 17 heavy (non-hydrogen) atoms. The van der Waals surface area contributed by atoms with Crippen LogP contribution in [-0.2, 0) is 11.3 Å². The number of hydrogen-bond acceptors (Lipinski definition) is 2. The van der Waals surface area contributed by atoms with Gasteiger partial charge in [0.25, 0.3) is 0 Å². The highest BCUT2D eigenvalue weighted by Gasteiger charge is 2.28. The first-order chi connectivity index (χ1) is 7.94. The van der Waals surface area contributed by atoms with Crippen molar-refractivity contribution in [2.24, 2.45) is 0 Å². The summed E-state index contributed by atoms with van der Waals surface area (Å²) in [6.45, 7) is 4.59. The molecule has 1 atom stereocenters. The summed E-state index contributed by atoms with van der Waals surface area (Å²) in [5.41, 5.74) is 0.956. The fraction of sp³-hybridized carbons (Fsp3) is 0.636. The smallest absolute Gasteiger partial charge is 0.348 e. The predicted molar refractivity (Wildman–Crippen MR) is 58.5 cm³/mol. The van der Waals surface area contributed by atoms with E-state index in [2.05, 4.69) is 10.1 Å². The highest BCUT2D eigenvalue weighted by Crippen LogP contribution is 2.17. The lowest BCUT2D eigenvalue weighted by Crippen LogP contribution is -2.22. The summed E-state index contributed by atoms with van der Waals surface area (Å²) in [4.78, 5) is 0. The molecule has 0 saturated heterocycles. The topological polar surface area (TPSA) is 26.2 Å². The molecule has 1 aromatic rings. The Morgan fingerprint density at radius 3 is 2.76 bits per heavy atom. The summed E-state index contributed by atoms with van der Waals surface area (Å²) in [5, 5.41) is 3.21. The molecule has 0 radical (unpaired) electrons. The Balaban J connectivity index is 2.51. The maximum Gasteiger partial charge on any atom is 0.522 e. The molecule has 1 aromatic heterocycles. The second-order valence-electron chi connectivity index (χ2n) is 3.70. The molecule has 0 amide bonds. The van der Waals surface area contributed by atoms with Crippen LogP contribution in [0.1, 0.15) is 25.6 Å². The summed E-state index contributed by atoms with van der Waals surface area (Å²) < 4.78 is 41.0. The van der Waals surface area contributed by atoms with Crippen molar-refractivity contribution in [1.82, 2.24) is 9.88 Å². The Kier molecular flexibility index (Phi) is 5.02. The fourth-order valence-electron chi connectivity index (χ4n) is 1.69. The lowest BCUT2D eigenvalue weighted by molar-refractivity contribution is -0.325. The quantitative estimate of drug-likeness (QED) is 0.840. The van der Waals surface area contributed by atoms with E-state index in [-0.39, 0.29) is 19.2 Å². The molecule has 0 spiro atoms. The van der Waals surface area contributed by atoms with E-state index < -0.39 is 6.36 Å². The van der Waals surface area contributed by atoms with Crippen molar-refractivity contribution in [3.8, 4) is 0 Å². The zero-order valence-corrected chi connectivity index (χ0v) is 9.92. The van der Waals surface area contributed by atoms with Crippen molar-refractivity contribution >= 4 is 0 Å². The van der Waals surface area contributed by atoms with Gasteiger partial charge in [0.2, 0.25) is 0 Å². The van der Waals surface area contributed by atoms with E-state index in [1.807, 2.05) is 26.0 Å². The Hall–Kier alpha value is -1.01. The Labute approximate surface area is 98.6 Å². The molecule has 1 heterocycles. The molecule has 0 aromatic carbocycles. The fourth-order valence-corrected chi connectivity index (χ4v) is 1.69. The molecule has 6 heteroatoms. The minimum absolute atomic E-state index is 0.112. The van der Waals surface area contributed by atoms with Crippen LogP contribution >= 0.6 is 0 Å².